The van der Waals surface area contributed by atoms with Crippen molar-refractivity contribution in [2.75, 3.05) is 11.5 Å². The molecule has 0 aliphatic carbocycles. The van der Waals surface area contributed by atoms with Gasteiger partial charge in [0.15, 0.2) is 9.84 Å². The molecule has 72 valence electrons. The van der Waals surface area contributed by atoms with E-state index < -0.39 is 9.84 Å². The van der Waals surface area contributed by atoms with Crippen LogP contribution in [0.25, 0.3) is 0 Å². The van der Waals surface area contributed by atoms with Crippen molar-refractivity contribution >= 4 is 9.84 Å². The minimum absolute atomic E-state index is 0.253. The van der Waals surface area contributed by atoms with Gasteiger partial charge in [0, 0.05) is 0 Å². The summed E-state index contributed by atoms with van der Waals surface area (Å²) in [4.78, 5) is 0. The van der Waals surface area contributed by atoms with Crippen LogP contribution in [0.2, 0.25) is 0 Å². The van der Waals surface area contributed by atoms with Crippen molar-refractivity contribution < 1.29 is 8.42 Å². The number of allylic oxidation sites excluding steroid dienone is 1. The number of hydrogen-bond acceptors (Lipinski definition) is 2. The molecule has 0 spiro atoms. The summed E-state index contributed by atoms with van der Waals surface area (Å²) in [5, 5.41) is 0. The van der Waals surface area contributed by atoms with Crippen LogP contribution in [0.1, 0.15) is 26.7 Å². The zero-order valence-corrected chi connectivity index (χ0v) is 8.73. The van der Waals surface area contributed by atoms with Gasteiger partial charge >= 0.3 is 0 Å². The molecule has 0 bridgehead atoms. The van der Waals surface area contributed by atoms with Crippen LogP contribution >= 0.6 is 0 Å². The summed E-state index contributed by atoms with van der Waals surface area (Å²) in [5.74, 6) is 1.03. The van der Waals surface area contributed by atoms with Crippen LogP contribution in [0.3, 0.4) is 0 Å². The average molecular weight is 190 g/mol. The van der Waals surface area contributed by atoms with Gasteiger partial charge < -0.3 is 0 Å². The van der Waals surface area contributed by atoms with Gasteiger partial charge in [-0.15, -0.1) is 6.58 Å². The molecule has 0 radical (unpaired) electrons. The molecule has 3 heteroatoms. The molecular formula is C9H18O2S. The van der Waals surface area contributed by atoms with Crippen LogP contribution in [0.15, 0.2) is 12.7 Å². The van der Waals surface area contributed by atoms with Crippen LogP contribution in [0.4, 0.5) is 0 Å². The number of hydrogen-bond donors (Lipinski definition) is 0. The Kier molecular flexibility index (Phi) is 5.22. The van der Waals surface area contributed by atoms with Gasteiger partial charge in [-0.3, -0.25) is 0 Å². The second-order valence-electron chi connectivity index (χ2n) is 3.41. The summed E-state index contributed by atoms with van der Waals surface area (Å²) in [5.41, 5.74) is 0. The van der Waals surface area contributed by atoms with Crippen LogP contribution in [-0.4, -0.2) is 19.9 Å². The van der Waals surface area contributed by atoms with Crippen molar-refractivity contribution in [3.8, 4) is 0 Å². The lowest BCUT2D eigenvalue weighted by Gasteiger charge is -2.04. The van der Waals surface area contributed by atoms with Gasteiger partial charge in [-0.1, -0.05) is 19.9 Å². The molecule has 12 heavy (non-hydrogen) atoms. The van der Waals surface area contributed by atoms with Crippen LogP contribution in [0.5, 0.6) is 0 Å². The molecule has 0 amide bonds. The molecule has 0 heterocycles. The van der Waals surface area contributed by atoms with E-state index in [0.29, 0.717) is 18.1 Å². The second kappa shape index (κ2) is 5.36. The maximum Gasteiger partial charge on any atom is 0.150 e. The zero-order chi connectivity index (χ0) is 9.61. The SMILES string of the molecule is C=CCCS(=O)(=O)CCC(C)C. The molecule has 0 unspecified atom stereocenters. The lowest BCUT2D eigenvalue weighted by Crippen LogP contribution is -2.12. The largest absolute Gasteiger partial charge is 0.229 e. The van der Waals surface area contributed by atoms with E-state index in [1.165, 1.54) is 0 Å². The van der Waals surface area contributed by atoms with E-state index >= 15 is 0 Å². The fourth-order valence-corrected chi connectivity index (χ4v) is 2.34. The molecule has 0 aromatic heterocycles. The van der Waals surface area contributed by atoms with Gasteiger partial charge in [-0.05, 0) is 18.8 Å². The lowest BCUT2D eigenvalue weighted by atomic mass is 10.2. The fourth-order valence-electron chi connectivity index (χ4n) is 0.780. The number of rotatable bonds is 6. The first-order valence-corrected chi connectivity index (χ1v) is 6.11. The summed E-state index contributed by atoms with van der Waals surface area (Å²) in [7, 11) is -2.81. The topological polar surface area (TPSA) is 34.1 Å². The third-order valence-electron chi connectivity index (χ3n) is 1.64. The normalized spacial score (nSPS) is 11.9. The Morgan fingerprint density at radius 2 is 1.92 bits per heavy atom. The van der Waals surface area contributed by atoms with Gasteiger partial charge in [0.1, 0.15) is 0 Å². The van der Waals surface area contributed by atoms with Crippen molar-refractivity contribution in [3.63, 3.8) is 0 Å². The van der Waals surface area contributed by atoms with Crippen LogP contribution in [0, 0.1) is 5.92 Å². The predicted octanol–water partition coefficient (Wildman–Crippen LogP) is 2.02. The first-order valence-electron chi connectivity index (χ1n) is 4.29. The quantitative estimate of drug-likeness (QED) is 0.600. The molecule has 0 aromatic carbocycles. The second-order valence-corrected chi connectivity index (χ2v) is 5.72. The van der Waals surface area contributed by atoms with E-state index in [4.69, 9.17) is 0 Å². The van der Waals surface area contributed by atoms with Gasteiger partial charge in [0.05, 0.1) is 11.5 Å². The minimum atomic E-state index is -2.81. The third kappa shape index (κ3) is 6.40. The maximum atomic E-state index is 11.2. The first-order chi connectivity index (χ1) is 5.48. The highest BCUT2D eigenvalue weighted by Crippen LogP contribution is 2.04. The Bertz CT molecular complexity index is 215. The Morgan fingerprint density at radius 1 is 1.33 bits per heavy atom. The van der Waals surface area contributed by atoms with Gasteiger partial charge in [0.2, 0.25) is 0 Å². The predicted molar refractivity (Wildman–Crippen MR) is 52.9 cm³/mol. The molecule has 0 aromatic rings. The Hall–Kier alpha value is -0.310. The van der Waals surface area contributed by atoms with E-state index in [0.717, 1.165) is 6.42 Å². The summed E-state index contributed by atoms with van der Waals surface area (Å²) in [6.45, 7) is 7.56. The highest BCUT2D eigenvalue weighted by atomic mass is 32.2. The maximum absolute atomic E-state index is 11.2. The lowest BCUT2D eigenvalue weighted by molar-refractivity contribution is 0.573. The van der Waals surface area contributed by atoms with Crippen LogP contribution < -0.4 is 0 Å². The van der Waals surface area contributed by atoms with E-state index in [2.05, 4.69) is 6.58 Å². The van der Waals surface area contributed by atoms with E-state index in [1.807, 2.05) is 13.8 Å². The standard InChI is InChI=1S/C9H18O2S/c1-4-5-7-12(10,11)8-6-9(2)3/h4,9H,1,5-8H2,2-3H3. The molecule has 0 saturated heterocycles. The van der Waals surface area contributed by atoms with Crippen molar-refractivity contribution in [2.24, 2.45) is 5.92 Å². The van der Waals surface area contributed by atoms with E-state index in [1.54, 1.807) is 6.08 Å². The number of sulfone groups is 1. The summed E-state index contributed by atoms with van der Waals surface area (Å²) >= 11 is 0. The van der Waals surface area contributed by atoms with Crippen molar-refractivity contribution in [1.82, 2.24) is 0 Å². The molecule has 0 N–H and O–H groups in total. The molecule has 0 atom stereocenters. The van der Waals surface area contributed by atoms with Crippen LogP contribution in [-0.2, 0) is 9.84 Å². The minimum Gasteiger partial charge on any atom is -0.229 e. The van der Waals surface area contributed by atoms with Gasteiger partial charge in [-0.25, -0.2) is 8.42 Å². The summed E-state index contributed by atoms with van der Waals surface area (Å²) < 4.78 is 22.5. The Labute approximate surface area is 75.6 Å². The van der Waals surface area contributed by atoms with Crippen molar-refractivity contribution in [3.05, 3.63) is 12.7 Å². The summed E-state index contributed by atoms with van der Waals surface area (Å²) in [6, 6.07) is 0. The molecular weight excluding hydrogens is 172 g/mol. The Morgan fingerprint density at radius 3 is 2.33 bits per heavy atom. The fraction of sp³-hybridized carbons (Fsp3) is 0.778. The highest BCUT2D eigenvalue weighted by Gasteiger charge is 2.09. The van der Waals surface area contributed by atoms with Crippen molar-refractivity contribution in [1.29, 1.82) is 0 Å². The highest BCUT2D eigenvalue weighted by molar-refractivity contribution is 7.91. The average Bonchev–Trinajstić information content (AvgIpc) is 1.98. The van der Waals surface area contributed by atoms with Gasteiger partial charge in [0.25, 0.3) is 0 Å². The van der Waals surface area contributed by atoms with E-state index in [9.17, 15) is 8.42 Å². The molecule has 0 fully saturated rings. The molecule has 0 rings (SSSR count). The monoisotopic (exact) mass is 190 g/mol. The summed E-state index contributed by atoms with van der Waals surface area (Å²) in [6.07, 6.45) is 2.98. The first kappa shape index (κ1) is 11.7. The molecule has 0 saturated carbocycles. The molecule has 0 aliphatic heterocycles. The van der Waals surface area contributed by atoms with Crippen molar-refractivity contribution in [2.45, 2.75) is 26.7 Å². The van der Waals surface area contributed by atoms with E-state index in [-0.39, 0.29) is 5.75 Å². The molecule has 2 nitrogen and oxygen atoms in total. The van der Waals surface area contributed by atoms with Gasteiger partial charge in [-0.2, -0.15) is 0 Å². The molecule has 0 aliphatic rings. The zero-order valence-electron chi connectivity index (χ0n) is 7.91. The third-order valence-corrected chi connectivity index (χ3v) is 3.35. The Balaban J connectivity index is 3.80. The smallest absolute Gasteiger partial charge is 0.150 e.